The lowest BCUT2D eigenvalue weighted by Crippen LogP contribution is -2.03. The number of anilines is 1. The van der Waals surface area contributed by atoms with E-state index in [2.05, 4.69) is 25.4 Å². The summed E-state index contributed by atoms with van der Waals surface area (Å²) >= 11 is 1.58. The second kappa shape index (κ2) is 6.78. The van der Waals surface area contributed by atoms with Gasteiger partial charge in [-0.3, -0.25) is 0 Å². The van der Waals surface area contributed by atoms with Crippen LogP contribution in [0.1, 0.15) is 5.01 Å². The monoisotopic (exact) mass is 352 g/mol. The lowest BCUT2D eigenvalue weighted by Gasteiger charge is -2.04. The molecule has 6 nitrogen and oxygen atoms in total. The van der Waals surface area contributed by atoms with Crippen molar-refractivity contribution in [3.8, 4) is 16.9 Å². The maximum absolute atomic E-state index is 13.0. The Kier molecular flexibility index (Phi) is 4.17. The highest BCUT2D eigenvalue weighted by atomic mass is 32.1. The van der Waals surface area contributed by atoms with Gasteiger partial charge in [-0.05, 0) is 30.3 Å². The molecule has 25 heavy (non-hydrogen) atoms. The predicted octanol–water partition coefficient (Wildman–Crippen LogP) is 3.54. The van der Waals surface area contributed by atoms with Crippen molar-refractivity contribution < 1.29 is 4.39 Å². The third kappa shape index (κ3) is 3.53. The van der Waals surface area contributed by atoms with Crippen molar-refractivity contribution in [3.05, 3.63) is 71.3 Å². The van der Waals surface area contributed by atoms with Gasteiger partial charge in [-0.25, -0.2) is 24.0 Å². The Morgan fingerprint density at radius 3 is 2.76 bits per heavy atom. The van der Waals surface area contributed by atoms with E-state index >= 15 is 0 Å². The number of halogens is 1. The van der Waals surface area contributed by atoms with Gasteiger partial charge >= 0.3 is 0 Å². The fourth-order valence-electron chi connectivity index (χ4n) is 2.29. The van der Waals surface area contributed by atoms with Crippen LogP contribution >= 0.6 is 11.3 Å². The highest BCUT2D eigenvalue weighted by Gasteiger charge is 2.07. The minimum atomic E-state index is -0.275. The topological polar surface area (TPSA) is 68.5 Å². The summed E-state index contributed by atoms with van der Waals surface area (Å²) in [7, 11) is 0. The molecule has 0 amide bonds. The lowest BCUT2D eigenvalue weighted by molar-refractivity contribution is 0.627. The first kappa shape index (κ1) is 15.4. The van der Waals surface area contributed by atoms with Gasteiger partial charge < -0.3 is 5.32 Å². The number of hydrogen-bond acceptors (Lipinski definition) is 6. The molecule has 0 bridgehead atoms. The van der Waals surface area contributed by atoms with Gasteiger partial charge in [0.1, 0.15) is 10.8 Å². The van der Waals surface area contributed by atoms with Gasteiger partial charge in [-0.1, -0.05) is 0 Å². The molecule has 3 aromatic heterocycles. The molecule has 0 atom stereocenters. The average Bonchev–Trinajstić information content (AvgIpc) is 3.33. The molecule has 0 aliphatic heterocycles. The highest BCUT2D eigenvalue weighted by molar-refractivity contribution is 7.09. The van der Waals surface area contributed by atoms with Crippen LogP contribution < -0.4 is 5.32 Å². The third-order valence-corrected chi connectivity index (χ3v) is 4.29. The van der Waals surface area contributed by atoms with Gasteiger partial charge in [0.05, 0.1) is 24.1 Å². The first-order valence-electron chi connectivity index (χ1n) is 7.54. The Labute approximate surface area is 147 Å². The minimum absolute atomic E-state index is 0.275. The van der Waals surface area contributed by atoms with Crippen LogP contribution in [0.25, 0.3) is 16.9 Å². The normalized spacial score (nSPS) is 10.8. The Morgan fingerprint density at radius 2 is 1.96 bits per heavy atom. The molecule has 1 aromatic carbocycles. The summed E-state index contributed by atoms with van der Waals surface area (Å²) < 4.78 is 14.7. The number of aromatic nitrogens is 5. The molecule has 0 saturated carbocycles. The molecule has 1 N–H and O–H groups in total. The predicted molar refractivity (Wildman–Crippen MR) is 94.0 cm³/mol. The molecule has 4 rings (SSSR count). The van der Waals surface area contributed by atoms with Crippen LogP contribution in [0.4, 0.5) is 10.3 Å². The van der Waals surface area contributed by atoms with Crippen LogP contribution in [0.15, 0.2) is 60.5 Å². The third-order valence-electron chi connectivity index (χ3n) is 3.51. The number of thiazole rings is 1. The Bertz CT molecular complexity index is 965. The summed E-state index contributed by atoms with van der Waals surface area (Å²) in [5, 5.41) is 10.4. The largest absolute Gasteiger partial charge is 0.348 e. The quantitative estimate of drug-likeness (QED) is 0.595. The molecule has 4 aromatic rings. The number of nitrogens with one attached hydrogen (secondary N) is 1. The minimum Gasteiger partial charge on any atom is -0.348 e. The first-order valence-corrected chi connectivity index (χ1v) is 8.42. The van der Waals surface area contributed by atoms with Crippen molar-refractivity contribution in [2.75, 3.05) is 5.32 Å². The summed E-state index contributed by atoms with van der Waals surface area (Å²) in [6, 6.07) is 7.98. The summed E-state index contributed by atoms with van der Waals surface area (Å²) in [5.74, 6) is 0.255. The van der Waals surface area contributed by atoms with Gasteiger partial charge in [0.2, 0.25) is 5.95 Å². The van der Waals surface area contributed by atoms with E-state index in [4.69, 9.17) is 0 Å². The molecule has 0 radical (unpaired) electrons. The molecular weight excluding hydrogens is 339 g/mol. The summed E-state index contributed by atoms with van der Waals surface area (Å²) in [4.78, 5) is 12.9. The van der Waals surface area contributed by atoms with Crippen molar-refractivity contribution in [1.29, 1.82) is 0 Å². The molecule has 0 saturated heterocycles. The summed E-state index contributed by atoms with van der Waals surface area (Å²) in [5.41, 5.74) is 2.39. The fourth-order valence-corrected chi connectivity index (χ4v) is 2.85. The van der Waals surface area contributed by atoms with E-state index in [1.165, 1.54) is 12.1 Å². The van der Waals surface area contributed by atoms with Gasteiger partial charge in [0.15, 0.2) is 0 Å². The van der Waals surface area contributed by atoms with Crippen molar-refractivity contribution in [3.63, 3.8) is 0 Å². The smallest absolute Gasteiger partial charge is 0.223 e. The first-order chi connectivity index (χ1) is 12.3. The molecule has 0 spiro atoms. The summed E-state index contributed by atoms with van der Waals surface area (Å²) in [6.07, 6.45) is 7.03. The van der Waals surface area contributed by atoms with E-state index < -0.39 is 0 Å². The van der Waals surface area contributed by atoms with Crippen LogP contribution in [0, 0.1) is 5.82 Å². The zero-order valence-corrected chi connectivity index (χ0v) is 13.8. The van der Waals surface area contributed by atoms with Crippen molar-refractivity contribution in [2.24, 2.45) is 0 Å². The molecule has 8 heteroatoms. The Morgan fingerprint density at radius 1 is 1.08 bits per heavy atom. The van der Waals surface area contributed by atoms with E-state index in [1.807, 2.05) is 17.6 Å². The lowest BCUT2D eigenvalue weighted by atomic mass is 10.2. The number of hydrogen-bond donors (Lipinski definition) is 1. The van der Waals surface area contributed by atoms with Crippen LogP contribution in [0.2, 0.25) is 0 Å². The van der Waals surface area contributed by atoms with Crippen molar-refractivity contribution >= 4 is 17.3 Å². The van der Waals surface area contributed by atoms with E-state index in [-0.39, 0.29) is 5.82 Å². The van der Waals surface area contributed by atoms with E-state index in [1.54, 1.807) is 46.7 Å². The van der Waals surface area contributed by atoms with Crippen LogP contribution in [0.3, 0.4) is 0 Å². The molecule has 3 heterocycles. The number of benzene rings is 1. The summed E-state index contributed by atoms with van der Waals surface area (Å²) in [6.45, 7) is 0.579. The zero-order chi connectivity index (χ0) is 17.1. The molecular formula is C17H13FN6S. The fraction of sp³-hybridized carbons (Fsp3) is 0.0588. The second-order valence-corrected chi connectivity index (χ2v) is 6.17. The molecule has 0 unspecified atom stereocenters. The highest BCUT2D eigenvalue weighted by Crippen LogP contribution is 2.19. The van der Waals surface area contributed by atoms with E-state index in [9.17, 15) is 4.39 Å². The van der Waals surface area contributed by atoms with Crippen LogP contribution in [0.5, 0.6) is 0 Å². The standard InChI is InChI=1S/C17H13FN6S/c18-13-1-3-14(4-2-13)24-11-12(9-22-24)15-5-6-20-17(23-15)21-10-16-19-7-8-25-16/h1-9,11H,10H2,(H,20,21,23). The van der Waals surface area contributed by atoms with Gasteiger partial charge in [-0.2, -0.15) is 5.10 Å². The van der Waals surface area contributed by atoms with E-state index in [0.29, 0.717) is 12.5 Å². The van der Waals surface area contributed by atoms with E-state index in [0.717, 1.165) is 22.0 Å². The molecule has 0 fully saturated rings. The SMILES string of the molecule is Fc1ccc(-n2cc(-c3ccnc(NCc4nccs4)n3)cn2)cc1. The Balaban J connectivity index is 1.53. The van der Waals surface area contributed by atoms with Crippen molar-refractivity contribution in [1.82, 2.24) is 24.7 Å². The maximum atomic E-state index is 13.0. The second-order valence-electron chi connectivity index (χ2n) is 5.19. The van der Waals surface area contributed by atoms with Gasteiger partial charge in [-0.15, -0.1) is 11.3 Å². The maximum Gasteiger partial charge on any atom is 0.223 e. The zero-order valence-electron chi connectivity index (χ0n) is 13.0. The Hall–Kier alpha value is -3.13. The number of rotatable bonds is 5. The average molecular weight is 352 g/mol. The van der Waals surface area contributed by atoms with Crippen molar-refractivity contribution in [2.45, 2.75) is 6.54 Å². The molecule has 124 valence electrons. The van der Waals surface area contributed by atoms with Gasteiger partial charge in [0, 0.05) is 29.5 Å². The van der Waals surface area contributed by atoms with Crippen LogP contribution in [-0.2, 0) is 6.54 Å². The van der Waals surface area contributed by atoms with Gasteiger partial charge in [0.25, 0.3) is 0 Å². The number of nitrogens with zero attached hydrogens (tertiary/aromatic N) is 5. The molecule has 0 aliphatic rings. The molecule has 0 aliphatic carbocycles. The van der Waals surface area contributed by atoms with Crippen LogP contribution in [-0.4, -0.2) is 24.7 Å².